The first-order valence-corrected chi connectivity index (χ1v) is 8.24. The van der Waals surface area contributed by atoms with Crippen molar-refractivity contribution in [1.29, 1.82) is 0 Å². The molecule has 7 heteroatoms. The zero-order valence-corrected chi connectivity index (χ0v) is 12.6. The van der Waals surface area contributed by atoms with Crippen LogP contribution in [0.5, 0.6) is 0 Å². The van der Waals surface area contributed by atoms with Gasteiger partial charge in [0, 0.05) is 17.1 Å². The molecule has 0 unspecified atom stereocenters. The zero-order chi connectivity index (χ0) is 13.8. The summed E-state index contributed by atoms with van der Waals surface area (Å²) in [5.41, 5.74) is 0.781. The van der Waals surface area contributed by atoms with Crippen LogP contribution in [-0.2, 0) is 14.6 Å². The summed E-state index contributed by atoms with van der Waals surface area (Å²) >= 11 is 3.32. The van der Waals surface area contributed by atoms with Crippen LogP contribution in [0, 0.1) is 6.92 Å². The molecule has 0 aromatic carbocycles. The summed E-state index contributed by atoms with van der Waals surface area (Å²) in [5, 5.41) is 2.63. The van der Waals surface area contributed by atoms with Crippen molar-refractivity contribution in [2.75, 3.05) is 17.3 Å². The van der Waals surface area contributed by atoms with Gasteiger partial charge in [0.25, 0.3) is 0 Å². The molecule has 1 aromatic rings. The van der Waals surface area contributed by atoms with E-state index in [9.17, 15) is 13.2 Å². The number of hydrogen-bond acceptors (Lipinski definition) is 4. The minimum atomic E-state index is -3.01. The molecule has 1 amide bonds. The number of nitrogens with zero attached hydrogens (tertiary/aromatic N) is 1. The summed E-state index contributed by atoms with van der Waals surface area (Å²) in [6, 6.07) is 3.49. The standard InChI is InChI=1S/C11H15BrN2O3S/c1-8-9(12)5-6-10(13-8)14-11(15)4-3-7-18(2,16)17/h5-6H,3-4,7H2,1-2H3,(H,13,14,15). The monoisotopic (exact) mass is 334 g/mol. The molecule has 1 aromatic heterocycles. The minimum Gasteiger partial charge on any atom is -0.311 e. The van der Waals surface area contributed by atoms with Crippen LogP contribution >= 0.6 is 15.9 Å². The van der Waals surface area contributed by atoms with E-state index >= 15 is 0 Å². The van der Waals surface area contributed by atoms with Crippen LogP contribution in [-0.4, -0.2) is 31.3 Å². The number of amides is 1. The molecule has 1 heterocycles. The molecule has 5 nitrogen and oxygen atoms in total. The Morgan fingerprint density at radius 2 is 2.11 bits per heavy atom. The fourth-order valence-corrected chi connectivity index (χ4v) is 2.20. The van der Waals surface area contributed by atoms with E-state index in [1.807, 2.05) is 6.92 Å². The average Bonchev–Trinajstić information content (AvgIpc) is 2.21. The lowest BCUT2D eigenvalue weighted by Crippen LogP contribution is -2.14. The Hall–Kier alpha value is -0.950. The van der Waals surface area contributed by atoms with Crippen molar-refractivity contribution in [3.8, 4) is 0 Å². The number of sulfone groups is 1. The Bertz CT molecular complexity index is 543. The summed E-state index contributed by atoms with van der Waals surface area (Å²) in [5.74, 6) is 0.264. The molecular weight excluding hydrogens is 320 g/mol. The van der Waals surface area contributed by atoms with Crippen LogP contribution in [0.1, 0.15) is 18.5 Å². The maximum absolute atomic E-state index is 11.5. The summed E-state index contributed by atoms with van der Waals surface area (Å²) in [6.45, 7) is 1.82. The topological polar surface area (TPSA) is 76.1 Å². The summed E-state index contributed by atoms with van der Waals surface area (Å²) < 4.78 is 22.7. The predicted molar refractivity (Wildman–Crippen MR) is 74.2 cm³/mol. The first-order chi connectivity index (χ1) is 8.28. The molecule has 0 aliphatic carbocycles. The van der Waals surface area contributed by atoms with Crippen LogP contribution < -0.4 is 5.32 Å². The number of carbonyl (C=O) groups is 1. The second-order valence-electron chi connectivity index (χ2n) is 4.05. The van der Waals surface area contributed by atoms with E-state index < -0.39 is 9.84 Å². The van der Waals surface area contributed by atoms with Crippen molar-refractivity contribution in [2.45, 2.75) is 19.8 Å². The Balaban J connectivity index is 2.47. The van der Waals surface area contributed by atoms with Gasteiger partial charge in [-0.25, -0.2) is 13.4 Å². The SMILES string of the molecule is Cc1nc(NC(=O)CCCS(C)(=O)=O)ccc1Br. The fraction of sp³-hybridized carbons (Fsp3) is 0.455. The average molecular weight is 335 g/mol. The minimum absolute atomic E-state index is 0.0210. The molecule has 0 saturated carbocycles. The highest BCUT2D eigenvalue weighted by Crippen LogP contribution is 2.16. The molecule has 1 rings (SSSR count). The van der Waals surface area contributed by atoms with Crippen LogP contribution in [0.15, 0.2) is 16.6 Å². The number of rotatable bonds is 5. The molecule has 0 atom stereocenters. The van der Waals surface area contributed by atoms with Gasteiger partial charge in [-0.2, -0.15) is 0 Å². The van der Waals surface area contributed by atoms with Crippen molar-refractivity contribution < 1.29 is 13.2 Å². The third-order valence-electron chi connectivity index (χ3n) is 2.21. The lowest BCUT2D eigenvalue weighted by atomic mass is 10.3. The van der Waals surface area contributed by atoms with Crippen molar-refractivity contribution in [3.05, 3.63) is 22.3 Å². The Kier molecular flexibility index (Phi) is 5.28. The number of halogens is 1. The van der Waals surface area contributed by atoms with E-state index in [4.69, 9.17) is 0 Å². The van der Waals surface area contributed by atoms with E-state index in [0.717, 1.165) is 16.4 Å². The fourth-order valence-electron chi connectivity index (χ4n) is 1.31. The van der Waals surface area contributed by atoms with Gasteiger partial charge in [0.05, 0.1) is 11.4 Å². The Morgan fingerprint density at radius 1 is 1.44 bits per heavy atom. The van der Waals surface area contributed by atoms with Crippen molar-refractivity contribution in [1.82, 2.24) is 4.98 Å². The molecular formula is C11H15BrN2O3S. The molecule has 0 radical (unpaired) electrons. The molecule has 100 valence electrons. The number of pyridine rings is 1. The Labute approximate surface area is 115 Å². The molecule has 0 bridgehead atoms. The molecule has 1 N–H and O–H groups in total. The lowest BCUT2D eigenvalue weighted by Gasteiger charge is -2.05. The number of aryl methyl sites for hydroxylation is 1. The third-order valence-corrected chi connectivity index (χ3v) is 4.08. The van der Waals surface area contributed by atoms with E-state index in [-0.39, 0.29) is 18.1 Å². The van der Waals surface area contributed by atoms with Gasteiger partial charge in [-0.05, 0) is 41.4 Å². The maximum atomic E-state index is 11.5. The largest absolute Gasteiger partial charge is 0.311 e. The van der Waals surface area contributed by atoms with Crippen LogP contribution in [0.2, 0.25) is 0 Å². The molecule has 0 saturated heterocycles. The first-order valence-electron chi connectivity index (χ1n) is 5.38. The normalized spacial score (nSPS) is 11.3. The highest BCUT2D eigenvalue weighted by molar-refractivity contribution is 9.10. The number of aromatic nitrogens is 1. The van der Waals surface area contributed by atoms with Crippen LogP contribution in [0.3, 0.4) is 0 Å². The summed E-state index contributed by atoms with van der Waals surface area (Å²) in [4.78, 5) is 15.7. The van der Waals surface area contributed by atoms with Gasteiger partial charge >= 0.3 is 0 Å². The van der Waals surface area contributed by atoms with Gasteiger partial charge in [-0.1, -0.05) is 0 Å². The molecule has 0 spiro atoms. The van der Waals surface area contributed by atoms with Crippen LogP contribution in [0.25, 0.3) is 0 Å². The van der Waals surface area contributed by atoms with Gasteiger partial charge in [-0.3, -0.25) is 4.79 Å². The van der Waals surface area contributed by atoms with Crippen molar-refractivity contribution >= 4 is 37.5 Å². The highest BCUT2D eigenvalue weighted by atomic mass is 79.9. The molecule has 18 heavy (non-hydrogen) atoms. The summed E-state index contributed by atoms with van der Waals surface area (Å²) in [7, 11) is -3.01. The quantitative estimate of drug-likeness (QED) is 0.892. The van der Waals surface area contributed by atoms with E-state index in [2.05, 4.69) is 26.2 Å². The second-order valence-corrected chi connectivity index (χ2v) is 7.16. The number of hydrogen-bond donors (Lipinski definition) is 1. The van der Waals surface area contributed by atoms with Crippen molar-refractivity contribution in [2.24, 2.45) is 0 Å². The Morgan fingerprint density at radius 3 is 2.67 bits per heavy atom. The van der Waals surface area contributed by atoms with E-state index in [0.29, 0.717) is 12.2 Å². The number of nitrogens with one attached hydrogen (secondary N) is 1. The van der Waals surface area contributed by atoms with Gasteiger partial charge in [0.1, 0.15) is 15.7 Å². The summed E-state index contributed by atoms with van der Waals surface area (Å²) in [6.07, 6.45) is 1.65. The molecule has 0 aliphatic rings. The van der Waals surface area contributed by atoms with Gasteiger partial charge in [0.2, 0.25) is 5.91 Å². The van der Waals surface area contributed by atoms with E-state index in [1.165, 1.54) is 0 Å². The zero-order valence-electron chi connectivity index (χ0n) is 10.2. The number of anilines is 1. The van der Waals surface area contributed by atoms with Gasteiger partial charge < -0.3 is 5.32 Å². The van der Waals surface area contributed by atoms with Crippen LogP contribution in [0.4, 0.5) is 5.82 Å². The molecule has 0 fully saturated rings. The van der Waals surface area contributed by atoms with Crippen molar-refractivity contribution in [3.63, 3.8) is 0 Å². The lowest BCUT2D eigenvalue weighted by molar-refractivity contribution is -0.116. The van der Waals surface area contributed by atoms with E-state index in [1.54, 1.807) is 12.1 Å². The van der Waals surface area contributed by atoms with Gasteiger partial charge in [0.15, 0.2) is 0 Å². The smallest absolute Gasteiger partial charge is 0.225 e. The number of carbonyl (C=O) groups excluding carboxylic acids is 1. The first kappa shape index (κ1) is 15.1. The maximum Gasteiger partial charge on any atom is 0.225 e. The third kappa shape index (κ3) is 5.59. The van der Waals surface area contributed by atoms with Gasteiger partial charge in [-0.15, -0.1) is 0 Å². The predicted octanol–water partition coefficient (Wildman–Crippen LogP) is 1.92. The molecule has 0 aliphatic heterocycles. The highest BCUT2D eigenvalue weighted by Gasteiger charge is 2.07. The second kappa shape index (κ2) is 6.29.